The molecule has 0 saturated heterocycles. The summed E-state index contributed by atoms with van der Waals surface area (Å²) in [5.74, 6) is -0.547. The summed E-state index contributed by atoms with van der Waals surface area (Å²) in [6, 6.07) is 9.28. The summed E-state index contributed by atoms with van der Waals surface area (Å²) in [6.45, 7) is 5.92. The van der Waals surface area contributed by atoms with Gasteiger partial charge in [0.15, 0.2) is 0 Å². The van der Waals surface area contributed by atoms with Crippen molar-refractivity contribution in [2.75, 3.05) is 6.54 Å². The Morgan fingerprint density at radius 3 is 2.27 bits per heavy atom. The Kier molecular flexibility index (Phi) is 9.45. The molecule has 22 heavy (non-hydrogen) atoms. The van der Waals surface area contributed by atoms with Crippen LogP contribution in [0.3, 0.4) is 0 Å². The van der Waals surface area contributed by atoms with Gasteiger partial charge in [-0.1, -0.05) is 37.3 Å². The standard InChI is InChI=1S/C16H25N3O2.ClH/c1-11(2)19-14(20)9-10-18-16(21)12(3)15(17)13-7-5-4-6-8-13;/h4-8,11-12,15H,9-10,17H2,1-3H3,(H,18,21)(H,19,20);1H. The lowest BCUT2D eigenvalue weighted by Crippen LogP contribution is -2.38. The largest absolute Gasteiger partial charge is 0.355 e. The van der Waals surface area contributed by atoms with Crippen LogP contribution >= 0.6 is 12.4 Å². The van der Waals surface area contributed by atoms with Crippen LogP contribution < -0.4 is 16.4 Å². The van der Waals surface area contributed by atoms with E-state index in [0.29, 0.717) is 6.54 Å². The number of nitrogens with two attached hydrogens (primary N) is 1. The highest BCUT2D eigenvalue weighted by molar-refractivity contribution is 5.85. The molecule has 0 saturated carbocycles. The van der Waals surface area contributed by atoms with Gasteiger partial charge in [0.25, 0.3) is 0 Å². The molecule has 1 aromatic carbocycles. The number of carbonyl (C=O) groups is 2. The first-order valence-electron chi connectivity index (χ1n) is 7.29. The molecule has 2 unspecified atom stereocenters. The van der Waals surface area contributed by atoms with E-state index in [4.69, 9.17) is 5.73 Å². The first kappa shape index (κ1) is 20.4. The maximum Gasteiger partial charge on any atom is 0.224 e. The molecule has 5 nitrogen and oxygen atoms in total. The van der Waals surface area contributed by atoms with Crippen molar-refractivity contribution >= 4 is 24.2 Å². The van der Waals surface area contributed by atoms with Gasteiger partial charge < -0.3 is 16.4 Å². The third-order valence-electron chi connectivity index (χ3n) is 3.24. The van der Waals surface area contributed by atoms with Crippen LogP contribution in [0.2, 0.25) is 0 Å². The predicted octanol–water partition coefficient (Wildman–Crippen LogP) is 1.78. The van der Waals surface area contributed by atoms with Crippen molar-refractivity contribution in [3.63, 3.8) is 0 Å². The second-order valence-electron chi connectivity index (χ2n) is 5.49. The monoisotopic (exact) mass is 327 g/mol. The summed E-state index contributed by atoms with van der Waals surface area (Å²) < 4.78 is 0. The first-order chi connectivity index (χ1) is 9.91. The van der Waals surface area contributed by atoms with E-state index >= 15 is 0 Å². The highest BCUT2D eigenvalue weighted by Crippen LogP contribution is 2.18. The van der Waals surface area contributed by atoms with Gasteiger partial charge in [0.2, 0.25) is 11.8 Å². The van der Waals surface area contributed by atoms with E-state index in [1.165, 1.54) is 0 Å². The lowest BCUT2D eigenvalue weighted by Gasteiger charge is -2.19. The normalized spacial score (nSPS) is 13.0. The minimum atomic E-state index is -0.351. The average molecular weight is 328 g/mol. The molecule has 2 amide bonds. The van der Waals surface area contributed by atoms with Gasteiger partial charge in [-0.25, -0.2) is 0 Å². The number of benzene rings is 1. The van der Waals surface area contributed by atoms with E-state index in [1.54, 1.807) is 6.92 Å². The lowest BCUT2D eigenvalue weighted by atomic mass is 9.95. The third kappa shape index (κ3) is 6.91. The number of amides is 2. The van der Waals surface area contributed by atoms with Crippen LogP contribution in [0.5, 0.6) is 0 Å². The zero-order valence-corrected chi connectivity index (χ0v) is 14.2. The van der Waals surface area contributed by atoms with Crippen LogP contribution in [0, 0.1) is 5.92 Å². The number of nitrogens with one attached hydrogen (secondary N) is 2. The average Bonchev–Trinajstić information content (AvgIpc) is 2.45. The van der Waals surface area contributed by atoms with Gasteiger partial charge in [-0.05, 0) is 19.4 Å². The van der Waals surface area contributed by atoms with Crippen molar-refractivity contribution < 1.29 is 9.59 Å². The van der Waals surface area contributed by atoms with Gasteiger partial charge >= 0.3 is 0 Å². The number of hydrogen-bond acceptors (Lipinski definition) is 3. The zero-order chi connectivity index (χ0) is 15.8. The fourth-order valence-corrected chi connectivity index (χ4v) is 1.98. The molecule has 0 fully saturated rings. The molecule has 4 N–H and O–H groups in total. The molecule has 1 rings (SSSR count). The van der Waals surface area contributed by atoms with Gasteiger partial charge in [-0.3, -0.25) is 9.59 Å². The van der Waals surface area contributed by atoms with Crippen molar-refractivity contribution in [3.8, 4) is 0 Å². The van der Waals surface area contributed by atoms with Crippen molar-refractivity contribution in [2.45, 2.75) is 39.3 Å². The highest BCUT2D eigenvalue weighted by atomic mass is 35.5. The zero-order valence-electron chi connectivity index (χ0n) is 13.3. The fourth-order valence-electron chi connectivity index (χ4n) is 1.98. The molecule has 0 bridgehead atoms. The van der Waals surface area contributed by atoms with E-state index < -0.39 is 0 Å². The molecular formula is C16H26ClN3O2. The highest BCUT2D eigenvalue weighted by Gasteiger charge is 2.21. The molecule has 6 heteroatoms. The van der Waals surface area contributed by atoms with E-state index in [0.717, 1.165) is 5.56 Å². The van der Waals surface area contributed by atoms with Crippen molar-refractivity contribution in [1.29, 1.82) is 0 Å². The van der Waals surface area contributed by atoms with Gasteiger partial charge in [0.05, 0.1) is 5.92 Å². The van der Waals surface area contributed by atoms with Gasteiger partial charge in [-0.15, -0.1) is 12.4 Å². The maximum absolute atomic E-state index is 12.0. The summed E-state index contributed by atoms with van der Waals surface area (Å²) in [5, 5.41) is 5.54. The Hall–Kier alpha value is -1.59. The van der Waals surface area contributed by atoms with Crippen molar-refractivity contribution in [1.82, 2.24) is 10.6 Å². The summed E-state index contributed by atoms with van der Waals surface area (Å²) in [4.78, 5) is 23.5. The molecule has 0 aromatic heterocycles. The Morgan fingerprint density at radius 2 is 1.73 bits per heavy atom. The Labute approximate surface area is 138 Å². The van der Waals surface area contributed by atoms with Gasteiger partial charge in [0.1, 0.15) is 0 Å². The second kappa shape index (κ2) is 10.2. The number of carbonyl (C=O) groups excluding carboxylic acids is 2. The quantitative estimate of drug-likeness (QED) is 0.713. The number of rotatable bonds is 7. The van der Waals surface area contributed by atoms with Crippen molar-refractivity contribution in [2.24, 2.45) is 11.7 Å². The van der Waals surface area contributed by atoms with Crippen LogP contribution in [-0.4, -0.2) is 24.4 Å². The molecule has 2 atom stereocenters. The molecule has 0 heterocycles. The van der Waals surface area contributed by atoms with E-state index in [9.17, 15) is 9.59 Å². The first-order valence-corrected chi connectivity index (χ1v) is 7.29. The SMILES string of the molecule is CC(C)NC(=O)CCNC(=O)C(C)C(N)c1ccccc1.Cl. The molecule has 0 aliphatic carbocycles. The molecule has 0 aliphatic rings. The topological polar surface area (TPSA) is 84.2 Å². The van der Waals surface area contributed by atoms with Gasteiger partial charge in [-0.2, -0.15) is 0 Å². The molecule has 1 aromatic rings. The van der Waals surface area contributed by atoms with Crippen LogP contribution in [0.25, 0.3) is 0 Å². The van der Waals surface area contributed by atoms with Crippen LogP contribution in [-0.2, 0) is 9.59 Å². The Morgan fingerprint density at radius 1 is 1.14 bits per heavy atom. The maximum atomic E-state index is 12.0. The molecule has 0 spiro atoms. The second-order valence-corrected chi connectivity index (χ2v) is 5.49. The van der Waals surface area contributed by atoms with Crippen molar-refractivity contribution in [3.05, 3.63) is 35.9 Å². The molecule has 0 radical (unpaired) electrons. The lowest BCUT2D eigenvalue weighted by molar-refractivity contribution is -0.125. The summed E-state index contributed by atoms with van der Waals surface area (Å²) in [6.07, 6.45) is 0.275. The third-order valence-corrected chi connectivity index (χ3v) is 3.24. The molecular weight excluding hydrogens is 302 g/mol. The fraction of sp³-hybridized carbons (Fsp3) is 0.500. The minimum Gasteiger partial charge on any atom is -0.355 e. The Balaban J connectivity index is 0.00000441. The smallest absolute Gasteiger partial charge is 0.224 e. The summed E-state index contributed by atoms with van der Waals surface area (Å²) >= 11 is 0. The van der Waals surface area contributed by atoms with Gasteiger partial charge in [0, 0.05) is 25.0 Å². The summed E-state index contributed by atoms with van der Waals surface area (Å²) in [7, 11) is 0. The molecule has 124 valence electrons. The summed E-state index contributed by atoms with van der Waals surface area (Å²) in [5.41, 5.74) is 7.03. The number of hydrogen-bond donors (Lipinski definition) is 3. The predicted molar refractivity (Wildman–Crippen MR) is 90.7 cm³/mol. The van der Waals surface area contributed by atoms with E-state index in [1.807, 2.05) is 44.2 Å². The minimum absolute atomic E-state index is 0. The molecule has 0 aliphatic heterocycles. The van der Waals surface area contributed by atoms with E-state index in [-0.39, 0.29) is 48.6 Å². The number of halogens is 1. The van der Waals surface area contributed by atoms with E-state index in [2.05, 4.69) is 10.6 Å². The van der Waals surface area contributed by atoms with Crippen LogP contribution in [0.15, 0.2) is 30.3 Å². The van der Waals surface area contributed by atoms with Crippen LogP contribution in [0.1, 0.15) is 38.8 Å². The Bertz CT molecular complexity index is 466. The van der Waals surface area contributed by atoms with Crippen LogP contribution in [0.4, 0.5) is 0 Å².